The van der Waals surface area contributed by atoms with Gasteiger partial charge in [0.2, 0.25) is 0 Å². The average molecular weight is 249 g/mol. The van der Waals surface area contributed by atoms with Gasteiger partial charge in [-0.2, -0.15) is 5.10 Å². The van der Waals surface area contributed by atoms with E-state index in [9.17, 15) is 0 Å². The Morgan fingerprint density at radius 2 is 2.41 bits per heavy atom. The lowest BCUT2D eigenvalue weighted by molar-refractivity contribution is 0.454. The van der Waals surface area contributed by atoms with Crippen molar-refractivity contribution in [3.8, 4) is 0 Å². The zero-order valence-corrected chi connectivity index (χ0v) is 11.2. The molecule has 17 heavy (non-hydrogen) atoms. The first-order valence-corrected chi connectivity index (χ1v) is 6.87. The van der Waals surface area contributed by atoms with Gasteiger partial charge in [0.05, 0.1) is 12.7 Å². The van der Waals surface area contributed by atoms with E-state index in [2.05, 4.69) is 48.0 Å². The third-order valence-electron chi connectivity index (χ3n) is 2.67. The molecular weight excluding hydrogens is 230 g/mol. The van der Waals surface area contributed by atoms with Gasteiger partial charge in [-0.1, -0.05) is 6.07 Å². The quantitative estimate of drug-likeness (QED) is 0.852. The van der Waals surface area contributed by atoms with Crippen molar-refractivity contribution < 1.29 is 0 Å². The largest absolute Gasteiger partial charge is 0.312 e. The summed E-state index contributed by atoms with van der Waals surface area (Å²) >= 11 is 1.82. The first kappa shape index (κ1) is 12.3. The number of aromatic nitrogens is 2. The van der Waals surface area contributed by atoms with Crippen LogP contribution in [0.25, 0.3) is 0 Å². The summed E-state index contributed by atoms with van der Waals surface area (Å²) in [5, 5.41) is 9.95. The van der Waals surface area contributed by atoms with E-state index in [0.29, 0.717) is 6.04 Å². The molecule has 0 unspecified atom stereocenters. The molecule has 1 N–H and O–H groups in total. The van der Waals surface area contributed by atoms with E-state index < -0.39 is 0 Å². The van der Waals surface area contributed by atoms with E-state index in [-0.39, 0.29) is 0 Å². The molecule has 2 aromatic rings. The van der Waals surface area contributed by atoms with Gasteiger partial charge in [-0.3, -0.25) is 4.68 Å². The molecule has 0 aliphatic carbocycles. The van der Waals surface area contributed by atoms with Gasteiger partial charge in [0.1, 0.15) is 0 Å². The van der Waals surface area contributed by atoms with E-state index in [1.807, 2.05) is 22.2 Å². The Kier molecular flexibility index (Phi) is 4.34. The predicted molar refractivity (Wildman–Crippen MR) is 72.5 cm³/mol. The molecule has 0 bridgehead atoms. The van der Waals surface area contributed by atoms with Crippen LogP contribution in [0.15, 0.2) is 29.9 Å². The van der Waals surface area contributed by atoms with Gasteiger partial charge in [0, 0.05) is 23.7 Å². The van der Waals surface area contributed by atoms with E-state index in [4.69, 9.17) is 0 Å². The molecule has 3 nitrogen and oxygen atoms in total. The fourth-order valence-electron chi connectivity index (χ4n) is 1.81. The molecule has 0 aromatic carbocycles. The van der Waals surface area contributed by atoms with E-state index in [1.165, 1.54) is 10.4 Å². The summed E-state index contributed by atoms with van der Waals surface area (Å²) in [6.07, 6.45) is 5.09. The highest BCUT2D eigenvalue weighted by atomic mass is 32.1. The summed E-state index contributed by atoms with van der Waals surface area (Å²) in [5.41, 5.74) is 1.22. The lowest BCUT2D eigenvalue weighted by Crippen LogP contribution is -2.32. The van der Waals surface area contributed by atoms with Crippen LogP contribution in [0.5, 0.6) is 0 Å². The zero-order valence-electron chi connectivity index (χ0n) is 10.4. The summed E-state index contributed by atoms with van der Waals surface area (Å²) < 4.78 is 2.00. The Labute approximate surface area is 106 Å². The molecule has 0 radical (unpaired) electrons. The lowest BCUT2D eigenvalue weighted by Gasteiger charge is -2.13. The Bertz CT molecular complexity index is 433. The molecule has 0 saturated heterocycles. The minimum atomic E-state index is 0.453. The van der Waals surface area contributed by atoms with E-state index in [1.54, 1.807) is 0 Å². The van der Waals surface area contributed by atoms with Crippen molar-refractivity contribution in [1.29, 1.82) is 0 Å². The smallest absolute Gasteiger partial charge is 0.0560 e. The summed E-state index contributed by atoms with van der Waals surface area (Å²) in [6.45, 7) is 6.23. The molecule has 0 amide bonds. The van der Waals surface area contributed by atoms with Gasteiger partial charge < -0.3 is 5.32 Å². The van der Waals surface area contributed by atoms with Gasteiger partial charge in [-0.05, 0) is 37.3 Å². The number of rotatable bonds is 6. The number of hydrogen-bond donors (Lipinski definition) is 1. The second kappa shape index (κ2) is 5.98. The van der Waals surface area contributed by atoms with Crippen LogP contribution in [0.3, 0.4) is 0 Å². The number of thiophene rings is 1. The van der Waals surface area contributed by atoms with Gasteiger partial charge in [0.15, 0.2) is 0 Å². The Morgan fingerprint density at radius 3 is 3.06 bits per heavy atom. The Balaban J connectivity index is 1.69. The molecule has 0 aliphatic rings. The SMILES string of the molecule is Cc1cnn(C[C@@H](C)NCCc2cccs2)c1. The molecule has 2 heterocycles. The fourth-order valence-corrected chi connectivity index (χ4v) is 2.52. The minimum Gasteiger partial charge on any atom is -0.312 e. The van der Waals surface area contributed by atoms with Crippen LogP contribution in [0.4, 0.5) is 0 Å². The Hall–Kier alpha value is -1.13. The van der Waals surface area contributed by atoms with Crippen LogP contribution in [0.2, 0.25) is 0 Å². The van der Waals surface area contributed by atoms with Crippen molar-refractivity contribution in [3.63, 3.8) is 0 Å². The number of nitrogens with zero attached hydrogens (tertiary/aromatic N) is 2. The lowest BCUT2D eigenvalue weighted by atomic mass is 10.3. The Morgan fingerprint density at radius 1 is 1.53 bits per heavy atom. The van der Waals surface area contributed by atoms with Crippen molar-refractivity contribution in [2.75, 3.05) is 6.54 Å². The standard InChI is InChI=1S/C13H19N3S/c1-11-8-15-16(9-11)10-12(2)14-6-5-13-4-3-7-17-13/h3-4,7-9,12,14H,5-6,10H2,1-2H3/t12-/m1/s1. The summed E-state index contributed by atoms with van der Waals surface area (Å²) in [6, 6.07) is 4.75. The molecule has 4 heteroatoms. The normalized spacial score (nSPS) is 12.8. The molecule has 0 spiro atoms. The second-order valence-corrected chi connectivity index (χ2v) is 5.46. The van der Waals surface area contributed by atoms with E-state index >= 15 is 0 Å². The van der Waals surface area contributed by atoms with Crippen molar-refractivity contribution in [1.82, 2.24) is 15.1 Å². The van der Waals surface area contributed by atoms with Crippen LogP contribution in [0.1, 0.15) is 17.4 Å². The highest BCUT2D eigenvalue weighted by Gasteiger charge is 2.03. The van der Waals surface area contributed by atoms with E-state index in [0.717, 1.165) is 19.5 Å². The van der Waals surface area contributed by atoms with Crippen LogP contribution in [0, 0.1) is 6.92 Å². The molecular formula is C13H19N3S. The molecule has 92 valence electrons. The van der Waals surface area contributed by atoms with Crippen molar-refractivity contribution in [2.45, 2.75) is 32.9 Å². The molecule has 2 aromatic heterocycles. The summed E-state index contributed by atoms with van der Waals surface area (Å²) in [4.78, 5) is 1.44. The number of aryl methyl sites for hydroxylation is 1. The van der Waals surface area contributed by atoms with Crippen molar-refractivity contribution in [3.05, 3.63) is 40.3 Å². The molecule has 0 saturated carbocycles. The first-order chi connectivity index (χ1) is 8.24. The summed E-state index contributed by atoms with van der Waals surface area (Å²) in [7, 11) is 0. The van der Waals surface area contributed by atoms with Gasteiger partial charge in [-0.25, -0.2) is 0 Å². The van der Waals surface area contributed by atoms with Gasteiger partial charge >= 0.3 is 0 Å². The zero-order chi connectivity index (χ0) is 12.1. The third-order valence-corrected chi connectivity index (χ3v) is 3.60. The average Bonchev–Trinajstić information content (AvgIpc) is 2.90. The number of nitrogens with one attached hydrogen (secondary N) is 1. The molecule has 1 atom stereocenters. The topological polar surface area (TPSA) is 29.9 Å². The van der Waals surface area contributed by atoms with Gasteiger partial charge in [0.25, 0.3) is 0 Å². The van der Waals surface area contributed by atoms with Crippen LogP contribution in [-0.4, -0.2) is 22.4 Å². The highest BCUT2D eigenvalue weighted by Crippen LogP contribution is 2.08. The predicted octanol–water partition coefficient (Wildman–Crippen LogP) is 2.47. The van der Waals surface area contributed by atoms with Crippen molar-refractivity contribution in [2.24, 2.45) is 0 Å². The second-order valence-electron chi connectivity index (χ2n) is 4.42. The monoisotopic (exact) mass is 249 g/mol. The fraction of sp³-hybridized carbons (Fsp3) is 0.462. The highest BCUT2D eigenvalue weighted by molar-refractivity contribution is 7.09. The number of hydrogen-bond acceptors (Lipinski definition) is 3. The van der Waals surface area contributed by atoms with Crippen LogP contribution in [-0.2, 0) is 13.0 Å². The third kappa shape index (κ3) is 3.98. The summed E-state index contributed by atoms with van der Waals surface area (Å²) in [5.74, 6) is 0. The van der Waals surface area contributed by atoms with Crippen LogP contribution < -0.4 is 5.32 Å². The van der Waals surface area contributed by atoms with Gasteiger partial charge in [-0.15, -0.1) is 11.3 Å². The van der Waals surface area contributed by atoms with Crippen LogP contribution >= 0.6 is 11.3 Å². The minimum absolute atomic E-state index is 0.453. The molecule has 0 aliphatic heterocycles. The first-order valence-electron chi connectivity index (χ1n) is 5.99. The maximum absolute atomic E-state index is 4.29. The molecule has 2 rings (SSSR count). The molecule has 0 fully saturated rings. The maximum Gasteiger partial charge on any atom is 0.0560 e. The maximum atomic E-state index is 4.29. The van der Waals surface area contributed by atoms with Crippen molar-refractivity contribution >= 4 is 11.3 Å².